The minimum atomic E-state index is -0.309. The number of ether oxygens (including phenoxy) is 1. The second kappa shape index (κ2) is 6.18. The van der Waals surface area contributed by atoms with Crippen LogP contribution >= 0.6 is 0 Å². The Hall–Kier alpha value is -2.73. The monoisotopic (exact) mass is 305 g/mol. The first kappa shape index (κ1) is 15.2. The van der Waals surface area contributed by atoms with Gasteiger partial charge in [0.15, 0.2) is 0 Å². The molecule has 0 amide bonds. The Morgan fingerprint density at radius 1 is 1.22 bits per heavy atom. The van der Waals surface area contributed by atoms with Crippen LogP contribution < -0.4 is 4.90 Å². The predicted molar refractivity (Wildman–Crippen MR) is 92.5 cm³/mol. The van der Waals surface area contributed by atoms with Crippen molar-refractivity contribution in [3.05, 3.63) is 53.1 Å². The minimum absolute atomic E-state index is 0.309. The van der Waals surface area contributed by atoms with Crippen molar-refractivity contribution < 1.29 is 9.53 Å². The molecule has 3 heteroatoms. The van der Waals surface area contributed by atoms with Gasteiger partial charge in [-0.05, 0) is 66.8 Å². The van der Waals surface area contributed by atoms with Gasteiger partial charge in [0.05, 0.1) is 18.4 Å². The van der Waals surface area contributed by atoms with Crippen LogP contribution in [0.5, 0.6) is 0 Å². The smallest absolute Gasteiger partial charge is 0.337 e. The van der Waals surface area contributed by atoms with E-state index in [1.54, 1.807) is 0 Å². The maximum absolute atomic E-state index is 11.5. The van der Waals surface area contributed by atoms with Crippen LogP contribution in [0.2, 0.25) is 0 Å². The Kier molecular flexibility index (Phi) is 4.08. The summed E-state index contributed by atoms with van der Waals surface area (Å²) >= 11 is 0. The van der Waals surface area contributed by atoms with Gasteiger partial charge in [0, 0.05) is 12.6 Å². The van der Waals surface area contributed by atoms with Crippen LogP contribution in [0.4, 0.5) is 5.69 Å². The zero-order chi connectivity index (χ0) is 16.4. The maximum atomic E-state index is 11.5. The van der Waals surface area contributed by atoms with Crippen LogP contribution in [0.25, 0.3) is 11.1 Å². The van der Waals surface area contributed by atoms with E-state index in [1.165, 1.54) is 29.5 Å². The Balaban J connectivity index is 1.98. The quantitative estimate of drug-likeness (QED) is 0.624. The van der Waals surface area contributed by atoms with Gasteiger partial charge in [-0.3, -0.25) is 0 Å². The Morgan fingerprint density at radius 2 is 1.96 bits per heavy atom. The third-order valence-corrected chi connectivity index (χ3v) is 4.18. The number of hydrogen-bond donors (Lipinski definition) is 0. The van der Waals surface area contributed by atoms with Crippen molar-refractivity contribution in [1.29, 1.82) is 0 Å². The number of rotatable bonds is 2. The molecule has 0 saturated heterocycles. The van der Waals surface area contributed by atoms with Crippen molar-refractivity contribution in [2.24, 2.45) is 0 Å². The van der Waals surface area contributed by atoms with E-state index >= 15 is 0 Å². The predicted octanol–water partition coefficient (Wildman–Crippen LogP) is 3.79. The topological polar surface area (TPSA) is 29.5 Å². The third kappa shape index (κ3) is 2.80. The number of benzene rings is 2. The van der Waals surface area contributed by atoms with Gasteiger partial charge >= 0.3 is 5.97 Å². The minimum Gasteiger partial charge on any atom is -0.465 e. The van der Waals surface area contributed by atoms with E-state index in [0.717, 1.165) is 18.5 Å². The van der Waals surface area contributed by atoms with Gasteiger partial charge in [-0.1, -0.05) is 18.1 Å². The molecule has 3 nitrogen and oxygen atoms in total. The molecule has 2 aromatic carbocycles. The molecule has 23 heavy (non-hydrogen) atoms. The molecule has 1 aliphatic heterocycles. The molecule has 1 heterocycles. The SMILES string of the molecule is CC#CN1CCc2cc(-c3ccc(C(=O)OC)cc3)c(C)cc21. The van der Waals surface area contributed by atoms with E-state index in [1.807, 2.05) is 31.2 Å². The van der Waals surface area contributed by atoms with Crippen molar-refractivity contribution in [3.63, 3.8) is 0 Å². The Bertz CT molecular complexity index is 810. The second-order valence-electron chi connectivity index (χ2n) is 5.63. The fourth-order valence-corrected chi connectivity index (χ4v) is 3.01. The first-order chi connectivity index (χ1) is 11.1. The average Bonchev–Trinajstić information content (AvgIpc) is 2.96. The molecule has 3 rings (SSSR count). The fourth-order valence-electron chi connectivity index (χ4n) is 3.01. The van der Waals surface area contributed by atoms with E-state index in [2.05, 4.69) is 35.9 Å². The van der Waals surface area contributed by atoms with E-state index in [0.29, 0.717) is 5.56 Å². The number of esters is 1. The molecule has 116 valence electrons. The van der Waals surface area contributed by atoms with Gasteiger partial charge in [0.1, 0.15) is 0 Å². The molecule has 0 fully saturated rings. The highest BCUT2D eigenvalue weighted by atomic mass is 16.5. The summed E-state index contributed by atoms with van der Waals surface area (Å²) in [4.78, 5) is 13.7. The summed E-state index contributed by atoms with van der Waals surface area (Å²) in [5.74, 6) is 2.66. The van der Waals surface area contributed by atoms with E-state index < -0.39 is 0 Å². The third-order valence-electron chi connectivity index (χ3n) is 4.18. The lowest BCUT2D eigenvalue weighted by Crippen LogP contribution is -2.12. The fraction of sp³-hybridized carbons (Fsp3) is 0.250. The lowest BCUT2D eigenvalue weighted by atomic mass is 9.96. The van der Waals surface area contributed by atoms with Gasteiger partial charge in [-0.15, -0.1) is 0 Å². The van der Waals surface area contributed by atoms with E-state index in [-0.39, 0.29) is 5.97 Å². The zero-order valence-electron chi connectivity index (χ0n) is 13.6. The maximum Gasteiger partial charge on any atom is 0.337 e. The number of carbonyl (C=O) groups is 1. The van der Waals surface area contributed by atoms with Crippen molar-refractivity contribution >= 4 is 11.7 Å². The largest absolute Gasteiger partial charge is 0.465 e. The molecule has 0 unspecified atom stereocenters. The molecule has 0 aliphatic carbocycles. The van der Waals surface area contributed by atoms with Gasteiger partial charge in [-0.25, -0.2) is 4.79 Å². The van der Waals surface area contributed by atoms with Crippen molar-refractivity contribution in [1.82, 2.24) is 0 Å². The molecule has 0 N–H and O–H groups in total. The number of nitrogens with zero attached hydrogens (tertiary/aromatic N) is 1. The van der Waals surface area contributed by atoms with E-state index in [9.17, 15) is 4.79 Å². The van der Waals surface area contributed by atoms with Gasteiger partial charge < -0.3 is 9.64 Å². The first-order valence-corrected chi connectivity index (χ1v) is 7.66. The number of aryl methyl sites for hydroxylation is 1. The van der Waals surface area contributed by atoms with Crippen LogP contribution in [0, 0.1) is 18.9 Å². The van der Waals surface area contributed by atoms with Crippen LogP contribution in [0.1, 0.15) is 28.4 Å². The molecule has 2 aromatic rings. The molecular formula is C20H19NO2. The molecule has 0 spiro atoms. The molecule has 1 aliphatic rings. The Morgan fingerprint density at radius 3 is 2.61 bits per heavy atom. The Labute approximate surface area is 136 Å². The van der Waals surface area contributed by atoms with Crippen molar-refractivity contribution in [2.75, 3.05) is 18.6 Å². The summed E-state index contributed by atoms with van der Waals surface area (Å²) in [6.07, 6.45) is 1.01. The van der Waals surface area contributed by atoms with Crippen LogP contribution in [0.3, 0.4) is 0 Å². The molecule has 0 atom stereocenters. The average molecular weight is 305 g/mol. The van der Waals surface area contributed by atoms with E-state index in [4.69, 9.17) is 4.74 Å². The van der Waals surface area contributed by atoms with Crippen molar-refractivity contribution in [3.8, 4) is 23.1 Å². The first-order valence-electron chi connectivity index (χ1n) is 7.66. The number of anilines is 1. The summed E-state index contributed by atoms with van der Waals surface area (Å²) in [6.45, 7) is 4.92. The highest BCUT2D eigenvalue weighted by Crippen LogP contribution is 2.34. The number of carbonyl (C=O) groups excluding carboxylic acids is 1. The second-order valence-corrected chi connectivity index (χ2v) is 5.63. The highest BCUT2D eigenvalue weighted by molar-refractivity contribution is 5.90. The van der Waals surface area contributed by atoms with Crippen molar-refractivity contribution in [2.45, 2.75) is 20.3 Å². The molecule has 0 bridgehead atoms. The summed E-state index contributed by atoms with van der Waals surface area (Å²) in [7, 11) is 1.39. The standard InChI is InChI=1S/C20H19NO2/c1-4-10-21-11-9-17-13-18(14(2)12-19(17)21)15-5-7-16(8-6-15)20(22)23-3/h5-8,12-13H,9,11H2,1-3H3. The van der Waals surface area contributed by atoms with Crippen LogP contribution in [-0.4, -0.2) is 19.6 Å². The summed E-state index contributed by atoms with van der Waals surface area (Å²) in [5, 5.41) is 0. The lowest BCUT2D eigenvalue weighted by Gasteiger charge is -2.14. The lowest BCUT2D eigenvalue weighted by molar-refractivity contribution is 0.0601. The normalized spacial score (nSPS) is 12.4. The summed E-state index contributed by atoms with van der Waals surface area (Å²) in [5.41, 5.74) is 6.63. The van der Waals surface area contributed by atoms with Gasteiger partial charge in [0.25, 0.3) is 0 Å². The molecule has 0 aromatic heterocycles. The van der Waals surface area contributed by atoms with Gasteiger partial charge in [0.2, 0.25) is 0 Å². The number of methoxy groups -OCH3 is 1. The van der Waals surface area contributed by atoms with Crippen LogP contribution in [0.15, 0.2) is 36.4 Å². The zero-order valence-corrected chi connectivity index (χ0v) is 13.6. The number of fused-ring (bicyclic) bond motifs is 1. The van der Waals surface area contributed by atoms with Gasteiger partial charge in [-0.2, -0.15) is 0 Å². The molecule has 0 radical (unpaired) electrons. The summed E-state index contributed by atoms with van der Waals surface area (Å²) in [6, 6.07) is 15.2. The highest BCUT2D eigenvalue weighted by Gasteiger charge is 2.19. The molecule has 0 saturated carbocycles. The molecular weight excluding hydrogens is 286 g/mol. The van der Waals surface area contributed by atoms with Crippen LogP contribution in [-0.2, 0) is 11.2 Å². The number of hydrogen-bond acceptors (Lipinski definition) is 3. The summed E-state index contributed by atoms with van der Waals surface area (Å²) < 4.78 is 4.74.